The molecule has 0 aliphatic heterocycles. The normalized spacial score (nSPS) is 11.0. The van der Waals surface area contributed by atoms with Gasteiger partial charge in [-0.15, -0.1) is 0 Å². The number of nitrogens with zero attached hydrogens (tertiary/aromatic N) is 1. The van der Waals surface area contributed by atoms with Crippen LogP contribution in [0, 0.1) is 0 Å². The molecule has 2 N–H and O–H groups in total. The Morgan fingerprint density at radius 3 is 2.33 bits per heavy atom. The SMILES string of the molecule is CCNC(=NCc1ccc(OC)c(OC)c1)NCc1ccccc1. The number of aliphatic imine (C=N–C) groups is 1. The first-order valence-electron chi connectivity index (χ1n) is 8.03. The molecule has 0 atom stereocenters. The van der Waals surface area contributed by atoms with Crippen molar-refractivity contribution in [1.82, 2.24) is 10.6 Å². The van der Waals surface area contributed by atoms with Gasteiger partial charge in [-0.1, -0.05) is 36.4 Å². The first-order valence-corrected chi connectivity index (χ1v) is 8.03. The Labute approximate surface area is 143 Å². The molecule has 0 unspecified atom stereocenters. The number of nitrogens with one attached hydrogen (secondary N) is 2. The van der Waals surface area contributed by atoms with Crippen molar-refractivity contribution in [3.8, 4) is 11.5 Å². The summed E-state index contributed by atoms with van der Waals surface area (Å²) in [6.07, 6.45) is 0. The minimum atomic E-state index is 0.560. The summed E-state index contributed by atoms with van der Waals surface area (Å²) in [4.78, 5) is 4.63. The number of hydrogen-bond acceptors (Lipinski definition) is 3. The molecule has 0 aromatic heterocycles. The summed E-state index contributed by atoms with van der Waals surface area (Å²) in [6.45, 7) is 4.16. The van der Waals surface area contributed by atoms with Gasteiger partial charge in [0.05, 0.1) is 20.8 Å². The summed E-state index contributed by atoms with van der Waals surface area (Å²) < 4.78 is 10.6. The molecule has 0 amide bonds. The van der Waals surface area contributed by atoms with Crippen LogP contribution in [-0.4, -0.2) is 26.7 Å². The molecule has 0 saturated heterocycles. The van der Waals surface area contributed by atoms with Gasteiger partial charge in [0, 0.05) is 13.1 Å². The van der Waals surface area contributed by atoms with Gasteiger partial charge in [-0.05, 0) is 30.2 Å². The fraction of sp³-hybridized carbons (Fsp3) is 0.316. The van der Waals surface area contributed by atoms with Crippen molar-refractivity contribution in [1.29, 1.82) is 0 Å². The molecule has 0 aliphatic rings. The van der Waals surface area contributed by atoms with Crippen LogP contribution < -0.4 is 20.1 Å². The lowest BCUT2D eigenvalue weighted by molar-refractivity contribution is 0.354. The second-order valence-electron chi connectivity index (χ2n) is 5.22. The van der Waals surface area contributed by atoms with E-state index in [9.17, 15) is 0 Å². The minimum Gasteiger partial charge on any atom is -0.493 e. The Morgan fingerprint density at radius 2 is 1.67 bits per heavy atom. The van der Waals surface area contributed by atoms with Crippen molar-refractivity contribution >= 4 is 5.96 Å². The smallest absolute Gasteiger partial charge is 0.191 e. The zero-order valence-corrected chi connectivity index (χ0v) is 14.5. The van der Waals surface area contributed by atoms with Gasteiger partial charge >= 0.3 is 0 Å². The second-order valence-corrected chi connectivity index (χ2v) is 5.22. The van der Waals surface area contributed by atoms with Crippen LogP contribution in [0.2, 0.25) is 0 Å². The van der Waals surface area contributed by atoms with Crippen LogP contribution in [0.1, 0.15) is 18.1 Å². The predicted octanol–water partition coefficient (Wildman–Crippen LogP) is 2.96. The number of hydrogen-bond donors (Lipinski definition) is 2. The Bertz CT molecular complexity index is 657. The number of methoxy groups -OCH3 is 2. The van der Waals surface area contributed by atoms with E-state index >= 15 is 0 Å². The zero-order chi connectivity index (χ0) is 17.2. The van der Waals surface area contributed by atoms with Gasteiger partial charge in [-0.2, -0.15) is 0 Å². The molecule has 0 bridgehead atoms. The fourth-order valence-corrected chi connectivity index (χ4v) is 2.27. The minimum absolute atomic E-state index is 0.560. The van der Waals surface area contributed by atoms with E-state index in [2.05, 4.69) is 34.7 Å². The van der Waals surface area contributed by atoms with Crippen LogP contribution in [0.15, 0.2) is 53.5 Å². The van der Waals surface area contributed by atoms with E-state index in [1.165, 1.54) is 5.56 Å². The number of ether oxygens (including phenoxy) is 2. The Kier molecular flexibility index (Phi) is 6.95. The zero-order valence-electron chi connectivity index (χ0n) is 14.5. The molecule has 0 heterocycles. The molecule has 24 heavy (non-hydrogen) atoms. The van der Waals surface area contributed by atoms with Crippen LogP contribution in [-0.2, 0) is 13.1 Å². The summed E-state index contributed by atoms with van der Waals surface area (Å²) in [5.74, 6) is 2.22. The highest BCUT2D eigenvalue weighted by atomic mass is 16.5. The summed E-state index contributed by atoms with van der Waals surface area (Å²) >= 11 is 0. The molecule has 5 heteroatoms. The van der Waals surface area contributed by atoms with E-state index in [-0.39, 0.29) is 0 Å². The van der Waals surface area contributed by atoms with Crippen molar-refractivity contribution < 1.29 is 9.47 Å². The van der Waals surface area contributed by atoms with Gasteiger partial charge in [0.1, 0.15) is 0 Å². The van der Waals surface area contributed by atoms with Gasteiger partial charge in [0.25, 0.3) is 0 Å². The molecule has 2 rings (SSSR count). The van der Waals surface area contributed by atoms with E-state index in [4.69, 9.17) is 9.47 Å². The Morgan fingerprint density at radius 1 is 0.917 bits per heavy atom. The molecular weight excluding hydrogens is 302 g/mol. The molecular formula is C19H25N3O2. The van der Waals surface area contributed by atoms with E-state index in [1.807, 2.05) is 36.4 Å². The van der Waals surface area contributed by atoms with Gasteiger partial charge in [0.15, 0.2) is 17.5 Å². The van der Waals surface area contributed by atoms with Gasteiger partial charge in [0.2, 0.25) is 0 Å². The third kappa shape index (κ3) is 5.19. The van der Waals surface area contributed by atoms with Crippen molar-refractivity contribution in [2.75, 3.05) is 20.8 Å². The topological polar surface area (TPSA) is 54.9 Å². The summed E-state index contributed by atoms with van der Waals surface area (Å²) in [5, 5.41) is 6.60. The molecule has 2 aromatic carbocycles. The standard InChI is InChI=1S/C19H25N3O2/c1-4-20-19(21-13-15-8-6-5-7-9-15)22-14-16-10-11-17(23-2)18(12-16)24-3/h5-12H,4,13-14H2,1-3H3,(H2,20,21,22). The maximum atomic E-state index is 5.33. The van der Waals surface area contributed by atoms with Crippen LogP contribution in [0.25, 0.3) is 0 Å². The third-order valence-electron chi connectivity index (χ3n) is 3.51. The van der Waals surface area contributed by atoms with E-state index in [0.717, 1.165) is 30.4 Å². The van der Waals surface area contributed by atoms with Crippen LogP contribution in [0.4, 0.5) is 0 Å². The molecule has 0 spiro atoms. The van der Waals surface area contributed by atoms with E-state index < -0.39 is 0 Å². The van der Waals surface area contributed by atoms with Gasteiger partial charge in [-0.3, -0.25) is 0 Å². The largest absolute Gasteiger partial charge is 0.493 e. The monoisotopic (exact) mass is 327 g/mol. The fourth-order valence-electron chi connectivity index (χ4n) is 2.27. The lowest BCUT2D eigenvalue weighted by atomic mass is 10.2. The molecule has 128 valence electrons. The third-order valence-corrected chi connectivity index (χ3v) is 3.51. The first-order chi connectivity index (χ1) is 11.8. The predicted molar refractivity (Wildman–Crippen MR) is 97.6 cm³/mol. The van der Waals surface area contributed by atoms with E-state index in [1.54, 1.807) is 14.2 Å². The Balaban J connectivity index is 2.02. The summed E-state index contributed by atoms with van der Waals surface area (Å²) in [7, 11) is 3.27. The number of guanidine groups is 1. The van der Waals surface area contributed by atoms with Crippen LogP contribution in [0.5, 0.6) is 11.5 Å². The van der Waals surface area contributed by atoms with Crippen LogP contribution in [0.3, 0.4) is 0 Å². The Hall–Kier alpha value is -2.69. The molecule has 0 radical (unpaired) electrons. The molecule has 0 saturated carbocycles. The average molecular weight is 327 g/mol. The molecule has 0 fully saturated rings. The maximum absolute atomic E-state index is 5.33. The average Bonchev–Trinajstić information content (AvgIpc) is 2.64. The second kappa shape index (κ2) is 9.45. The molecule has 2 aromatic rings. The highest BCUT2D eigenvalue weighted by Gasteiger charge is 2.04. The van der Waals surface area contributed by atoms with Crippen molar-refractivity contribution in [3.63, 3.8) is 0 Å². The van der Waals surface area contributed by atoms with Crippen molar-refractivity contribution in [2.45, 2.75) is 20.0 Å². The molecule has 0 aliphatic carbocycles. The summed E-state index contributed by atoms with van der Waals surface area (Å²) in [6, 6.07) is 16.1. The van der Waals surface area contributed by atoms with Gasteiger partial charge in [-0.25, -0.2) is 4.99 Å². The number of rotatable bonds is 7. The molecule has 5 nitrogen and oxygen atoms in total. The first kappa shape index (κ1) is 17.7. The van der Waals surface area contributed by atoms with Crippen molar-refractivity contribution in [2.24, 2.45) is 4.99 Å². The maximum Gasteiger partial charge on any atom is 0.191 e. The summed E-state index contributed by atoms with van der Waals surface area (Å²) in [5.41, 5.74) is 2.28. The van der Waals surface area contributed by atoms with E-state index in [0.29, 0.717) is 12.3 Å². The van der Waals surface area contributed by atoms with Gasteiger partial charge < -0.3 is 20.1 Å². The van der Waals surface area contributed by atoms with Crippen LogP contribution >= 0.6 is 0 Å². The number of benzene rings is 2. The highest BCUT2D eigenvalue weighted by molar-refractivity contribution is 5.79. The highest BCUT2D eigenvalue weighted by Crippen LogP contribution is 2.27. The quantitative estimate of drug-likeness (QED) is 0.606. The van der Waals surface area contributed by atoms with Crippen molar-refractivity contribution in [3.05, 3.63) is 59.7 Å². The lowest BCUT2D eigenvalue weighted by Crippen LogP contribution is -2.36. The lowest BCUT2D eigenvalue weighted by Gasteiger charge is -2.12.